The first-order chi connectivity index (χ1) is 8.52. The Hall–Kier alpha value is -1.59. The van der Waals surface area contributed by atoms with Gasteiger partial charge in [0.15, 0.2) is 0 Å². The number of carbonyl (C=O) groups excluding carboxylic acids is 2. The highest BCUT2D eigenvalue weighted by Gasteiger charge is 2.06. The van der Waals surface area contributed by atoms with Crippen LogP contribution in [0.5, 0.6) is 0 Å². The average molecular weight is 286 g/mol. The summed E-state index contributed by atoms with van der Waals surface area (Å²) in [5.41, 5.74) is 7.68. The fraction of sp³-hybridized carbons (Fsp3) is 0.385. The molecule has 0 radical (unpaired) electrons. The van der Waals surface area contributed by atoms with Gasteiger partial charge in [-0.25, -0.2) is 0 Å². The van der Waals surface area contributed by atoms with Gasteiger partial charge in [0, 0.05) is 24.7 Å². The van der Waals surface area contributed by atoms with Crippen molar-refractivity contribution in [2.24, 2.45) is 5.73 Å². The van der Waals surface area contributed by atoms with Crippen molar-refractivity contribution < 1.29 is 9.59 Å². The minimum atomic E-state index is -0.140. The van der Waals surface area contributed by atoms with Gasteiger partial charge in [-0.1, -0.05) is 6.07 Å². The largest absolute Gasteiger partial charge is 0.330 e. The molecule has 106 valence electrons. The zero-order valence-electron chi connectivity index (χ0n) is 11.2. The lowest BCUT2D eigenvalue weighted by atomic mass is 10.1. The molecule has 1 aromatic rings. The number of hydrogen-bond donors (Lipinski definition) is 3. The molecular weight excluding hydrogens is 266 g/mol. The summed E-state index contributed by atoms with van der Waals surface area (Å²) < 4.78 is 0. The maximum absolute atomic E-state index is 11.6. The van der Waals surface area contributed by atoms with E-state index in [0.29, 0.717) is 30.8 Å². The van der Waals surface area contributed by atoms with E-state index in [1.54, 1.807) is 12.1 Å². The molecule has 19 heavy (non-hydrogen) atoms. The van der Waals surface area contributed by atoms with Crippen molar-refractivity contribution in [1.82, 2.24) is 0 Å². The Labute approximate surface area is 119 Å². The monoisotopic (exact) mass is 285 g/mol. The Balaban J connectivity index is 0.00000324. The second-order valence-corrected chi connectivity index (χ2v) is 4.15. The summed E-state index contributed by atoms with van der Waals surface area (Å²) >= 11 is 0. The molecule has 4 N–H and O–H groups in total. The predicted molar refractivity (Wildman–Crippen MR) is 79.6 cm³/mol. The number of aryl methyl sites for hydroxylation is 1. The van der Waals surface area contributed by atoms with Crippen LogP contribution < -0.4 is 16.4 Å². The van der Waals surface area contributed by atoms with Crippen LogP contribution in [0.15, 0.2) is 18.2 Å². The standard InChI is InChI=1S/C13H19N3O2.ClH/c1-9-5-6-11(15-10(2)17)8-12(9)16-13(18)4-3-7-14;/h5-6,8H,3-4,7,14H2,1-2H3,(H,15,17)(H,16,18);1H. The smallest absolute Gasteiger partial charge is 0.224 e. The van der Waals surface area contributed by atoms with E-state index in [0.717, 1.165) is 5.56 Å². The molecule has 0 saturated heterocycles. The van der Waals surface area contributed by atoms with E-state index < -0.39 is 0 Å². The highest BCUT2D eigenvalue weighted by atomic mass is 35.5. The molecule has 0 aliphatic carbocycles. The van der Waals surface area contributed by atoms with Crippen LogP contribution in [-0.4, -0.2) is 18.4 Å². The number of hydrogen-bond acceptors (Lipinski definition) is 3. The lowest BCUT2D eigenvalue weighted by Gasteiger charge is -2.10. The summed E-state index contributed by atoms with van der Waals surface area (Å²) in [6.07, 6.45) is 1.07. The van der Waals surface area contributed by atoms with Crippen LogP contribution in [0.25, 0.3) is 0 Å². The zero-order valence-corrected chi connectivity index (χ0v) is 12.0. The second-order valence-electron chi connectivity index (χ2n) is 4.15. The molecule has 0 unspecified atom stereocenters. The van der Waals surface area contributed by atoms with Crippen LogP contribution in [-0.2, 0) is 9.59 Å². The first-order valence-corrected chi connectivity index (χ1v) is 5.91. The fourth-order valence-electron chi connectivity index (χ4n) is 1.51. The normalized spacial score (nSPS) is 9.42. The van der Waals surface area contributed by atoms with Gasteiger partial charge in [-0.2, -0.15) is 0 Å². The highest BCUT2D eigenvalue weighted by Crippen LogP contribution is 2.20. The minimum absolute atomic E-state index is 0. The van der Waals surface area contributed by atoms with Crippen LogP contribution in [0, 0.1) is 6.92 Å². The predicted octanol–water partition coefficient (Wildman–Crippen LogP) is 2.05. The molecule has 0 aliphatic rings. The van der Waals surface area contributed by atoms with Gasteiger partial charge in [-0.05, 0) is 37.6 Å². The zero-order chi connectivity index (χ0) is 13.5. The van der Waals surface area contributed by atoms with Gasteiger partial charge in [0.2, 0.25) is 11.8 Å². The number of nitrogens with two attached hydrogens (primary N) is 1. The first kappa shape index (κ1) is 17.4. The van der Waals surface area contributed by atoms with E-state index in [2.05, 4.69) is 10.6 Å². The summed E-state index contributed by atoms with van der Waals surface area (Å²) in [6, 6.07) is 5.40. The lowest BCUT2D eigenvalue weighted by Crippen LogP contribution is -2.14. The molecule has 0 fully saturated rings. The van der Waals surface area contributed by atoms with Crippen molar-refractivity contribution in [3.05, 3.63) is 23.8 Å². The number of benzene rings is 1. The molecule has 0 heterocycles. The summed E-state index contributed by atoms with van der Waals surface area (Å²) in [7, 11) is 0. The van der Waals surface area contributed by atoms with Crippen molar-refractivity contribution in [3.8, 4) is 0 Å². The molecule has 0 aromatic heterocycles. The Kier molecular flexibility index (Phi) is 7.79. The number of rotatable bonds is 5. The molecule has 0 spiro atoms. The van der Waals surface area contributed by atoms with Crippen LogP contribution in [0.1, 0.15) is 25.3 Å². The van der Waals surface area contributed by atoms with Crippen molar-refractivity contribution >= 4 is 35.6 Å². The summed E-state index contributed by atoms with van der Waals surface area (Å²) in [4.78, 5) is 22.6. The molecule has 0 atom stereocenters. The van der Waals surface area contributed by atoms with Crippen LogP contribution in [0.2, 0.25) is 0 Å². The molecule has 0 aliphatic heterocycles. The molecule has 5 nitrogen and oxygen atoms in total. The van der Waals surface area contributed by atoms with E-state index in [-0.39, 0.29) is 24.2 Å². The quantitative estimate of drug-likeness (QED) is 0.774. The van der Waals surface area contributed by atoms with Gasteiger partial charge in [0.25, 0.3) is 0 Å². The van der Waals surface area contributed by atoms with Crippen molar-refractivity contribution in [2.45, 2.75) is 26.7 Å². The maximum Gasteiger partial charge on any atom is 0.224 e. The van der Waals surface area contributed by atoms with E-state index in [4.69, 9.17) is 5.73 Å². The number of anilines is 2. The van der Waals surface area contributed by atoms with Gasteiger partial charge in [-0.3, -0.25) is 9.59 Å². The molecule has 0 bridgehead atoms. The second kappa shape index (κ2) is 8.50. The molecule has 1 rings (SSSR count). The van der Waals surface area contributed by atoms with Crippen LogP contribution >= 0.6 is 12.4 Å². The third-order valence-corrected chi connectivity index (χ3v) is 2.44. The van der Waals surface area contributed by atoms with E-state index >= 15 is 0 Å². The SMILES string of the molecule is CC(=O)Nc1ccc(C)c(NC(=O)CCCN)c1.Cl. The molecule has 1 aromatic carbocycles. The van der Waals surface area contributed by atoms with Crippen molar-refractivity contribution in [1.29, 1.82) is 0 Å². The maximum atomic E-state index is 11.6. The fourth-order valence-corrected chi connectivity index (χ4v) is 1.51. The number of halogens is 1. The van der Waals surface area contributed by atoms with Crippen LogP contribution in [0.3, 0.4) is 0 Å². The molecule has 6 heteroatoms. The van der Waals surface area contributed by atoms with E-state index in [9.17, 15) is 9.59 Å². The highest BCUT2D eigenvalue weighted by molar-refractivity contribution is 5.94. The van der Waals surface area contributed by atoms with Gasteiger partial charge in [0.05, 0.1) is 0 Å². The minimum Gasteiger partial charge on any atom is -0.330 e. The summed E-state index contributed by atoms with van der Waals surface area (Å²) in [5, 5.41) is 5.49. The van der Waals surface area contributed by atoms with E-state index in [1.165, 1.54) is 6.92 Å². The average Bonchev–Trinajstić information content (AvgIpc) is 2.30. The van der Waals surface area contributed by atoms with Gasteiger partial charge in [0.1, 0.15) is 0 Å². The summed E-state index contributed by atoms with van der Waals surface area (Å²) in [6.45, 7) is 3.84. The van der Waals surface area contributed by atoms with E-state index in [1.807, 2.05) is 13.0 Å². The topological polar surface area (TPSA) is 84.2 Å². The Morgan fingerprint density at radius 2 is 1.95 bits per heavy atom. The molecular formula is C13H20ClN3O2. The van der Waals surface area contributed by atoms with Gasteiger partial charge >= 0.3 is 0 Å². The van der Waals surface area contributed by atoms with Crippen molar-refractivity contribution in [2.75, 3.05) is 17.2 Å². The molecule has 2 amide bonds. The van der Waals surface area contributed by atoms with Gasteiger partial charge < -0.3 is 16.4 Å². The number of nitrogens with one attached hydrogen (secondary N) is 2. The lowest BCUT2D eigenvalue weighted by molar-refractivity contribution is -0.116. The Morgan fingerprint density at radius 1 is 1.26 bits per heavy atom. The van der Waals surface area contributed by atoms with Crippen molar-refractivity contribution in [3.63, 3.8) is 0 Å². The Morgan fingerprint density at radius 3 is 2.53 bits per heavy atom. The number of carbonyl (C=O) groups is 2. The number of amides is 2. The summed E-state index contributed by atoms with van der Waals surface area (Å²) in [5.74, 6) is -0.206. The third kappa shape index (κ3) is 6.22. The van der Waals surface area contributed by atoms with Gasteiger partial charge in [-0.15, -0.1) is 12.4 Å². The van der Waals surface area contributed by atoms with Crippen LogP contribution in [0.4, 0.5) is 11.4 Å². The third-order valence-electron chi connectivity index (χ3n) is 2.44. The first-order valence-electron chi connectivity index (χ1n) is 5.91. The molecule has 0 saturated carbocycles. The Bertz CT molecular complexity index is 450.